The normalized spacial score (nSPS) is 43.8. The Morgan fingerprint density at radius 2 is 2.40 bits per heavy atom. The molecule has 4 atom stereocenters. The Balaban J connectivity index is 2.33. The van der Waals surface area contributed by atoms with Crippen LogP contribution in [0.2, 0.25) is 0 Å². The summed E-state index contributed by atoms with van der Waals surface area (Å²) in [6, 6.07) is -0.814. The van der Waals surface area contributed by atoms with Crippen molar-refractivity contribution in [3.8, 4) is 0 Å². The molecule has 2 aliphatic rings. The number of nitrogens with zero attached hydrogens (tertiary/aromatic N) is 1. The van der Waals surface area contributed by atoms with E-state index in [1.54, 1.807) is 6.92 Å². The topological polar surface area (TPSA) is 57.6 Å². The maximum absolute atomic E-state index is 11.5. The first-order chi connectivity index (χ1) is 6.92. The number of rotatable bonds is 2. The van der Waals surface area contributed by atoms with Crippen LogP contribution in [-0.2, 0) is 9.59 Å². The van der Waals surface area contributed by atoms with E-state index in [1.807, 2.05) is 0 Å². The Labute approximate surface area is 104 Å². The molecule has 2 fully saturated rings. The molecule has 1 amide bonds. The molecule has 15 heavy (non-hydrogen) atoms. The van der Waals surface area contributed by atoms with Crippen molar-refractivity contribution >= 4 is 51.2 Å². The number of hydrogen-bond acceptors (Lipinski definition) is 3. The predicted molar refractivity (Wildman–Crippen MR) is 61.5 cm³/mol. The van der Waals surface area contributed by atoms with Crippen LogP contribution in [0.1, 0.15) is 6.92 Å². The van der Waals surface area contributed by atoms with Gasteiger partial charge in [0.15, 0.2) is 0 Å². The summed E-state index contributed by atoms with van der Waals surface area (Å²) < 4.78 is -0.601. The first-order valence-electron chi connectivity index (χ1n) is 4.35. The van der Waals surface area contributed by atoms with Crippen molar-refractivity contribution < 1.29 is 14.7 Å². The number of alkyl halides is 2. The molecule has 0 aromatic heterocycles. The predicted octanol–water partition coefficient (Wildman–Crippen LogP) is 1.12. The van der Waals surface area contributed by atoms with Gasteiger partial charge in [-0.3, -0.25) is 4.79 Å². The van der Waals surface area contributed by atoms with Crippen LogP contribution in [0.3, 0.4) is 0 Å². The molecule has 0 aromatic carbocycles. The molecule has 0 aromatic rings. The monoisotopic (exact) mass is 313 g/mol. The Morgan fingerprint density at radius 3 is 2.87 bits per heavy atom. The lowest BCUT2D eigenvalue weighted by Gasteiger charge is -2.40. The Hall–Kier alpha value is 0.0600. The van der Waals surface area contributed by atoms with E-state index in [0.29, 0.717) is 0 Å². The van der Waals surface area contributed by atoms with Gasteiger partial charge in [-0.1, -0.05) is 15.9 Å². The minimum Gasteiger partial charge on any atom is -0.480 e. The number of fused-ring (bicyclic) bond motifs is 1. The summed E-state index contributed by atoms with van der Waals surface area (Å²) in [5.41, 5.74) is 0. The minimum absolute atomic E-state index is 0.0950. The van der Waals surface area contributed by atoms with Crippen LogP contribution in [-0.4, -0.2) is 48.8 Å². The molecule has 2 heterocycles. The zero-order valence-corrected chi connectivity index (χ0v) is 11.0. The van der Waals surface area contributed by atoms with E-state index in [1.165, 1.54) is 16.7 Å². The molecule has 0 unspecified atom stereocenters. The SMILES string of the molecule is C[C@@]1(CCl)S[C@@H]2[C@@H](Br)C(=O)N2[C@H]1C(=O)O. The summed E-state index contributed by atoms with van der Waals surface area (Å²) >= 11 is 10.5. The number of aliphatic carboxylic acids is 1. The number of thioether (sulfide) groups is 1. The van der Waals surface area contributed by atoms with Gasteiger partial charge < -0.3 is 10.0 Å². The minimum atomic E-state index is -0.985. The highest BCUT2D eigenvalue weighted by Crippen LogP contribution is 2.53. The van der Waals surface area contributed by atoms with Gasteiger partial charge in [0.2, 0.25) is 5.91 Å². The van der Waals surface area contributed by atoms with Crippen molar-refractivity contribution in [1.82, 2.24) is 4.90 Å². The van der Waals surface area contributed by atoms with Gasteiger partial charge in [0.05, 0.1) is 4.75 Å². The largest absolute Gasteiger partial charge is 0.480 e. The fourth-order valence-electron chi connectivity index (χ4n) is 1.96. The summed E-state index contributed by atoms with van der Waals surface area (Å²) in [6.45, 7) is 1.79. The van der Waals surface area contributed by atoms with Crippen LogP contribution in [0.4, 0.5) is 0 Å². The van der Waals surface area contributed by atoms with Gasteiger partial charge in [-0.25, -0.2) is 4.79 Å². The third-order valence-corrected chi connectivity index (χ3v) is 6.36. The lowest BCUT2D eigenvalue weighted by atomic mass is 9.98. The molecule has 4 nitrogen and oxygen atoms in total. The lowest BCUT2D eigenvalue weighted by molar-refractivity contribution is -0.156. The molecule has 0 bridgehead atoms. The summed E-state index contributed by atoms with van der Waals surface area (Å²) in [5, 5.41) is 9.03. The van der Waals surface area contributed by atoms with Gasteiger partial charge >= 0.3 is 5.97 Å². The second-order valence-corrected chi connectivity index (χ2v) is 6.75. The quantitative estimate of drug-likeness (QED) is 0.613. The molecule has 1 N–H and O–H groups in total. The lowest BCUT2D eigenvalue weighted by Crippen LogP contribution is -2.63. The molecule has 2 aliphatic heterocycles. The van der Waals surface area contributed by atoms with Crippen LogP contribution < -0.4 is 0 Å². The van der Waals surface area contributed by atoms with Crippen molar-refractivity contribution in [2.45, 2.75) is 27.9 Å². The van der Waals surface area contributed by atoms with Crippen molar-refractivity contribution in [3.05, 3.63) is 0 Å². The standard InChI is InChI=1S/C8H9BrClNO3S/c1-8(2-10)4(7(13)14)11-5(12)3(9)6(11)15-8/h3-4,6H,2H2,1H3,(H,13,14)/t3-,4-,6+,8-/m0/s1. The molecule has 0 saturated carbocycles. The van der Waals surface area contributed by atoms with Gasteiger partial charge in [-0.2, -0.15) is 0 Å². The second kappa shape index (κ2) is 3.53. The molecular formula is C8H9BrClNO3S. The molecule has 2 rings (SSSR count). The Morgan fingerprint density at radius 1 is 1.80 bits per heavy atom. The van der Waals surface area contributed by atoms with Crippen LogP contribution in [0.5, 0.6) is 0 Å². The van der Waals surface area contributed by atoms with Crippen molar-refractivity contribution in [1.29, 1.82) is 0 Å². The van der Waals surface area contributed by atoms with Gasteiger partial charge in [-0.15, -0.1) is 23.4 Å². The Kier molecular flexibility index (Phi) is 2.72. The fraction of sp³-hybridized carbons (Fsp3) is 0.750. The van der Waals surface area contributed by atoms with Gasteiger partial charge in [0, 0.05) is 5.88 Å². The highest BCUT2D eigenvalue weighted by molar-refractivity contribution is 9.10. The van der Waals surface area contributed by atoms with Crippen LogP contribution in [0, 0.1) is 0 Å². The fourth-order valence-corrected chi connectivity index (χ4v) is 4.64. The van der Waals surface area contributed by atoms with E-state index in [0.717, 1.165) is 0 Å². The smallest absolute Gasteiger partial charge is 0.327 e. The number of halogens is 2. The third kappa shape index (κ3) is 1.41. The molecule has 0 aliphatic carbocycles. The van der Waals surface area contributed by atoms with E-state index in [4.69, 9.17) is 16.7 Å². The van der Waals surface area contributed by atoms with Crippen LogP contribution in [0.15, 0.2) is 0 Å². The number of hydrogen-bond donors (Lipinski definition) is 1. The van der Waals surface area contributed by atoms with Crippen LogP contribution >= 0.6 is 39.3 Å². The first kappa shape index (κ1) is 11.5. The van der Waals surface area contributed by atoms with Crippen LogP contribution in [0.25, 0.3) is 0 Å². The maximum Gasteiger partial charge on any atom is 0.327 e. The number of β-lactam (4-membered cyclic amide) rings is 1. The molecule has 0 radical (unpaired) electrons. The van der Waals surface area contributed by atoms with E-state index < -0.39 is 16.8 Å². The molecule has 2 saturated heterocycles. The van der Waals surface area contributed by atoms with E-state index in [9.17, 15) is 9.59 Å². The van der Waals surface area contributed by atoms with Gasteiger partial charge in [0.1, 0.15) is 16.2 Å². The number of carbonyl (C=O) groups excluding carboxylic acids is 1. The zero-order chi connectivity index (χ0) is 11.4. The van der Waals surface area contributed by atoms with Crippen molar-refractivity contribution in [2.75, 3.05) is 5.88 Å². The van der Waals surface area contributed by atoms with Gasteiger partial charge in [0.25, 0.3) is 0 Å². The maximum atomic E-state index is 11.5. The van der Waals surface area contributed by atoms with E-state index >= 15 is 0 Å². The second-order valence-electron chi connectivity index (χ2n) is 3.84. The zero-order valence-electron chi connectivity index (χ0n) is 7.81. The average molecular weight is 315 g/mol. The van der Waals surface area contributed by atoms with Crippen molar-refractivity contribution in [3.63, 3.8) is 0 Å². The summed E-state index contributed by atoms with van der Waals surface area (Å²) in [4.78, 5) is 23.8. The highest BCUT2D eigenvalue weighted by Gasteiger charge is 2.64. The number of carboxylic acid groups (broad SMARTS) is 1. The number of carboxylic acids is 1. The van der Waals surface area contributed by atoms with E-state index in [-0.39, 0.29) is 22.0 Å². The molecule has 84 valence electrons. The van der Waals surface area contributed by atoms with Crippen molar-refractivity contribution in [2.24, 2.45) is 0 Å². The van der Waals surface area contributed by atoms with E-state index in [2.05, 4.69) is 15.9 Å². The summed E-state index contributed by atoms with van der Waals surface area (Å²) in [6.07, 6.45) is 0. The summed E-state index contributed by atoms with van der Waals surface area (Å²) in [5.74, 6) is -0.927. The molecular weight excluding hydrogens is 306 g/mol. The highest BCUT2D eigenvalue weighted by atomic mass is 79.9. The average Bonchev–Trinajstić information content (AvgIpc) is 2.49. The van der Waals surface area contributed by atoms with Gasteiger partial charge in [-0.05, 0) is 6.92 Å². The molecule has 0 spiro atoms. The number of amides is 1. The molecule has 7 heteroatoms. The first-order valence-corrected chi connectivity index (χ1v) is 6.68. The number of carbonyl (C=O) groups is 2. The summed E-state index contributed by atoms with van der Waals surface area (Å²) in [7, 11) is 0. The Bertz CT molecular complexity index is 342. The third-order valence-electron chi connectivity index (χ3n) is 2.76.